The van der Waals surface area contributed by atoms with Gasteiger partial charge in [-0.05, 0) is 42.7 Å². The number of allylic oxidation sites excluding steroid dienone is 1. The van der Waals surface area contributed by atoms with Gasteiger partial charge in [0.05, 0.1) is 23.2 Å². The second-order valence-corrected chi connectivity index (χ2v) is 9.49. The van der Waals surface area contributed by atoms with Crippen molar-refractivity contribution >= 4 is 11.8 Å². The first-order valence-corrected chi connectivity index (χ1v) is 10.1. The lowest BCUT2D eigenvalue weighted by atomic mass is 9.55. The van der Waals surface area contributed by atoms with Crippen LogP contribution in [-0.2, 0) is 14.3 Å². The van der Waals surface area contributed by atoms with Gasteiger partial charge in [-0.15, -0.1) is 0 Å². The van der Waals surface area contributed by atoms with Crippen molar-refractivity contribution in [2.75, 3.05) is 6.61 Å². The molecule has 6 nitrogen and oxygen atoms in total. The molecule has 0 bridgehead atoms. The number of hydrogen-bond acceptors (Lipinski definition) is 6. The third-order valence-corrected chi connectivity index (χ3v) is 7.20. The molecule has 28 heavy (non-hydrogen) atoms. The van der Waals surface area contributed by atoms with Crippen LogP contribution in [0.25, 0.3) is 0 Å². The Morgan fingerprint density at radius 1 is 1.36 bits per heavy atom. The van der Waals surface area contributed by atoms with Crippen LogP contribution in [-0.4, -0.2) is 51.5 Å². The average molecular weight is 392 g/mol. The van der Waals surface area contributed by atoms with Gasteiger partial charge < -0.3 is 20.1 Å². The minimum Gasteiger partial charge on any atom is -0.465 e. The predicted molar refractivity (Wildman–Crippen MR) is 103 cm³/mol. The van der Waals surface area contributed by atoms with Crippen molar-refractivity contribution in [3.63, 3.8) is 0 Å². The van der Waals surface area contributed by atoms with E-state index < -0.39 is 34.6 Å². The number of rotatable bonds is 3. The number of carbonyl (C=O) groups is 2. The van der Waals surface area contributed by atoms with Gasteiger partial charge in [0, 0.05) is 24.3 Å². The highest BCUT2D eigenvalue weighted by Gasteiger charge is 2.65. The summed E-state index contributed by atoms with van der Waals surface area (Å²) in [5.41, 5.74) is -1.70. The van der Waals surface area contributed by atoms with Crippen molar-refractivity contribution in [3.8, 4) is 0 Å². The number of aliphatic hydroxyl groups is 3. The monoisotopic (exact) mass is 392 g/mol. The van der Waals surface area contributed by atoms with Gasteiger partial charge in [0.2, 0.25) is 0 Å². The highest BCUT2D eigenvalue weighted by molar-refractivity contribution is 6.00. The maximum Gasteiger partial charge on any atom is 0.302 e. The number of ketones is 1. The maximum absolute atomic E-state index is 12.8. The summed E-state index contributed by atoms with van der Waals surface area (Å²) in [7, 11) is 0. The lowest BCUT2D eigenvalue weighted by Gasteiger charge is -2.54. The number of hydrogen-bond donors (Lipinski definition) is 3. The average Bonchev–Trinajstić information content (AvgIpc) is 2.80. The van der Waals surface area contributed by atoms with E-state index in [2.05, 4.69) is 6.58 Å². The van der Waals surface area contributed by atoms with E-state index in [1.54, 1.807) is 0 Å². The molecule has 0 spiro atoms. The molecular weight excluding hydrogens is 360 g/mol. The fourth-order valence-corrected chi connectivity index (χ4v) is 5.94. The molecule has 3 N–H and O–H groups in total. The Kier molecular flexibility index (Phi) is 5.14. The van der Waals surface area contributed by atoms with E-state index in [-0.39, 0.29) is 37.6 Å². The normalized spacial score (nSPS) is 41.0. The van der Waals surface area contributed by atoms with Gasteiger partial charge in [-0.2, -0.15) is 0 Å². The molecule has 6 heteroatoms. The van der Waals surface area contributed by atoms with Crippen molar-refractivity contribution in [1.82, 2.24) is 0 Å². The van der Waals surface area contributed by atoms with E-state index in [1.165, 1.54) is 6.92 Å². The van der Waals surface area contributed by atoms with Crippen LogP contribution in [0.5, 0.6) is 0 Å². The molecule has 0 heterocycles. The fourth-order valence-electron chi connectivity index (χ4n) is 5.94. The third kappa shape index (κ3) is 2.88. The molecule has 0 aromatic heterocycles. The van der Waals surface area contributed by atoms with Gasteiger partial charge >= 0.3 is 5.97 Å². The lowest BCUT2D eigenvalue weighted by molar-refractivity contribution is -0.191. The van der Waals surface area contributed by atoms with E-state index in [0.29, 0.717) is 29.6 Å². The summed E-state index contributed by atoms with van der Waals surface area (Å²) in [5.74, 6) is -0.557. The first kappa shape index (κ1) is 21.2. The SMILES string of the molecule is C=C1CC[C@@H](O)[C@@]2(COC(C)=O)C[C@@H](O)C3=C(C(C)C)C(=O)C[C@]3(C)C[C@]12O. The Morgan fingerprint density at radius 3 is 2.57 bits per heavy atom. The van der Waals surface area contributed by atoms with Crippen molar-refractivity contribution in [2.24, 2.45) is 16.7 Å². The Balaban J connectivity index is 2.21. The summed E-state index contributed by atoms with van der Waals surface area (Å²) in [5, 5.41) is 34.1. The van der Waals surface area contributed by atoms with E-state index in [9.17, 15) is 24.9 Å². The van der Waals surface area contributed by atoms with Gasteiger partial charge in [-0.1, -0.05) is 27.4 Å². The van der Waals surface area contributed by atoms with Crippen molar-refractivity contribution < 1.29 is 29.6 Å². The largest absolute Gasteiger partial charge is 0.465 e. The molecule has 0 aromatic carbocycles. The fraction of sp³-hybridized carbons (Fsp3) is 0.727. The Bertz CT molecular complexity index is 752. The van der Waals surface area contributed by atoms with E-state index >= 15 is 0 Å². The maximum atomic E-state index is 12.8. The zero-order valence-electron chi connectivity index (χ0n) is 17.2. The summed E-state index contributed by atoms with van der Waals surface area (Å²) in [6.45, 7) is 10.9. The standard InChI is InChI=1S/C22H32O6/c1-12(2)18-15(24)8-20(5)10-22(27)13(3)6-7-17(26)21(22,11-28-14(4)23)9-16(25)19(18)20/h12,16-17,25-27H,3,6-11H2,1-2,4-5H3/t16-,17-,20-,21+,22+/m1/s1. The van der Waals surface area contributed by atoms with Crippen LogP contribution >= 0.6 is 0 Å². The van der Waals surface area contributed by atoms with Gasteiger partial charge in [0.25, 0.3) is 0 Å². The van der Waals surface area contributed by atoms with E-state index in [0.717, 1.165) is 0 Å². The van der Waals surface area contributed by atoms with Gasteiger partial charge in [-0.25, -0.2) is 0 Å². The zero-order chi connectivity index (χ0) is 21.1. The summed E-state index contributed by atoms with van der Waals surface area (Å²) in [4.78, 5) is 24.3. The Morgan fingerprint density at radius 2 is 2.00 bits per heavy atom. The van der Waals surface area contributed by atoms with Crippen LogP contribution in [0.4, 0.5) is 0 Å². The van der Waals surface area contributed by atoms with Crippen molar-refractivity contribution in [3.05, 3.63) is 23.3 Å². The molecule has 0 radical (unpaired) electrons. The molecule has 3 aliphatic carbocycles. The van der Waals surface area contributed by atoms with Crippen LogP contribution in [0.15, 0.2) is 23.3 Å². The lowest BCUT2D eigenvalue weighted by Crippen LogP contribution is -2.62. The molecular formula is C22H32O6. The minimum atomic E-state index is -1.55. The summed E-state index contributed by atoms with van der Waals surface area (Å²) in [6, 6.07) is 0. The molecule has 0 saturated heterocycles. The Hall–Kier alpha value is -1.50. The van der Waals surface area contributed by atoms with Gasteiger partial charge in [0.1, 0.15) is 6.61 Å². The number of esters is 1. The van der Waals surface area contributed by atoms with E-state index in [4.69, 9.17) is 4.74 Å². The number of Topliss-reactive ketones (excluding diaryl/α,β-unsaturated/α-hetero) is 1. The smallest absolute Gasteiger partial charge is 0.302 e. The van der Waals surface area contributed by atoms with Crippen LogP contribution < -0.4 is 0 Å². The second-order valence-electron chi connectivity index (χ2n) is 9.49. The van der Waals surface area contributed by atoms with Crippen LogP contribution in [0.2, 0.25) is 0 Å². The second kappa shape index (κ2) is 6.78. The highest BCUT2D eigenvalue weighted by atomic mass is 16.5. The molecule has 156 valence electrons. The van der Waals surface area contributed by atoms with Gasteiger partial charge in [-0.3, -0.25) is 9.59 Å². The summed E-state index contributed by atoms with van der Waals surface area (Å²) >= 11 is 0. The number of carbonyl (C=O) groups excluding carboxylic acids is 2. The first-order valence-electron chi connectivity index (χ1n) is 10.1. The molecule has 0 aliphatic heterocycles. The quantitative estimate of drug-likeness (QED) is 0.502. The van der Waals surface area contributed by atoms with Crippen molar-refractivity contribution in [1.29, 1.82) is 0 Å². The molecule has 0 aromatic rings. The molecule has 0 unspecified atom stereocenters. The predicted octanol–water partition coefficient (Wildman–Crippen LogP) is 2.06. The van der Waals surface area contributed by atoms with E-state index in [1.807, 2.05) is 20.8 Å². The van der Waals surface area contributed by atoms with Gasteiger partial charge in [0.15, 0.2) is 5.78 Å². The molecule has 2 saturated carbocycles. The molecule has 5 atom stereocenters. The summed E-state index contributed by atoms with van der Waals surface area (Å²) < 4.78 is 5.29. The zero-order valence-corrected chi connectivity index (χ0v) is 17.2. The highest BCUT2D eigenvalue weighted by Crippen LogP contribution is 2.62. The van der Waals surface area contributed by atoms with Crippen molar-refractivity contribution in [2.45, 2.75) is 77.6 Å². The van der Waals surface area contributed by atoms with Crippen LogP contribution in [0.3, 0.4) is 0 Å². The molecule has 3 aliphatic rings. The third-order valence-electron chi connectivity index (χ3n) is 7.20. The summed E-state index contributed by atoms with van der Waals surface area (Å²) in [6.07, 6.45) is -0.785. The number of fused-ring (bicyclic) bond motifs is 2. The number of ether oxygens (including phenoxy) is 1. The van der Waals surface area contributed by atoms with Crippen LogP contribution in [0, 0.1) is 16.7 Å². The molecule has 2 fully saturated rings. The molecule has 3 rings (SSSR count). The minimum absolute atomic E-state index is 0.00426. The van der Waals surface area contributed by atoms with Crippen LogP contribution in [0.1, 0.15) is 59.8 Å². The Labute approximate surface area is 166 Å². The molecule has 0 amide bonds. The topological polar surface area (TPSA) is 104 Å². The first-order chi connectivity index (χ1) is 12.9. The number of aliphatic hydroxyl groups excluding tert-OH is 2.